The van der Waals surface area contributed by atoms with Crippen molar-refractivity contribution in [2.75, 3.05) is 44.4 Å². The van der Waals surface area contributed by atoms with E-state index in [4.69, 9.17) is 21.1 Å². The predicted molar refractivity (Wildman–Crippen MR) is 128 cm³/mol. The molecule has 0 unspecified atom stereocenters. The molecule has 0 radical (unpaired) electrons. The molecule has 0 bridgehead atoms. The zero-order chi connectivity index (χ0) is 23.4. The van der Waals surface area contributed by atoms with E-state index in [2.05, 4.69) is 0 Å². The highest BCUT2D eigenvalue weighted by molar-refractivity contribution is 7.89. The van der Waals surface area contributed by atoms with Gasteiger partial charge < -0.3 is 14.4 Å². The lowest BCUT2D eigenvalue weighted by atomic mass is 10.0. The normalized spacial score (nSPS) is 17.0. The van der Waals surface area contributed by atoms with Gasteiger partial charge in [-0.05, 0) is 73.7 Å². The van der Waals surface area contributed by atoms with Gasteiger partial charge in [-0.15, -0.1) is 0 Å². The van der Waals surface area contributed by atoms with E-state index in [1.807, 2.05) is 19.1 Å². The molecule has 2 aromatic rings. The predicted octanol–water partition coefficient (Wildman–Crippen LogP) is 3.81. The number of hydrogen-bond donors (Lipinski definition) is 0. The molecule has 0 N–H and O–H groups in total. The molecule has 0 saturated carbocycles. The van der Waals surface area contributed by atoms with Crippen LogP contribution in [0.5, 0.6) is 5.75 Å². The number of carbonyl (C=O) groups is 1. The lowest BCUT2D eigenvalue weighted by Crippen LogP contribution is -2.40. The van der Waals surface area contributed by atoms with Crippen molar-refractivity contribution in [3.63, 3.8) is 0 Å². The Morgan fingerprint density at radius 1 is 1.12 bits per heavy atom. The Labute approximate surface area is 200 Å². The number of amides is 1. The van der Waals surface area contributed by atoms with Crippen LogP contribution in [0.4, 0.5) is 5.69 Å². The Morgan fingerprint density at radius 2 is 1.91 bits per heavy atom. The van der Waals surface area contributed by atoms with Gasteiger partial charge in [0.25, 0.3) is 0 Å². The van der Waals surface area contributed by atoms with Gasteiger partial charge in [0.05, 0.1) is 24.7 Å². The van der Waals surface area contributed by atoms with E-state index < -0.39 is 10.0 Å². The maximum absolute atomic E-state index is 13.0. The number of benzene rings is 2. The maximum atomic E-state index is 13.0. The molecule has 0 aliphatic carbocycles. The summed E-state index contributed by atoms with van der Waals surface area (Å²) in [6, 6.07) is 10.6. The standard InChI is InChI=1S/C24H29ClN2O5S/c1-18-16-20(6-8-22(18)25)32-13-3-5-24(28)27-10-2-4-19-17-21(7-9-23(19)27)33(29,30)26-11-14-31-15-12-26/h6-9,16-17H,2-5,10-15H2,1H3. The van der Waals surface area contributed by atoms with Gasteiger partial charge in [-0.25, -0.2) is 8.42 Å². The summed E-state index contributed by atoms with van der Waals surface area (Å²) < 4.78 is 38.5. The first-order chi connectivity index (χ1) is 15.9. The molecule has 2 aromatic carbocycles. The number of fused-ring (bicyclic) bond motifs is 1. The summed E-state index contributed by atoms with van der Waals surface area (Å²) in [6.07, 6.45) is 2.51. The number of morpholine rings is 1. The monoisotopic (exact) mass is 492 g/mol. The SMILES string of the molecule is Cc1cc(OCCCC(=O)N2CCCc3cc(S(=O)(=O)N4CCOCC4)ccc32)ccc1Cl. The van der Waals surface area contributed by atoms with Crippen molar-refractivity contribution < 1.29 is 22.7 Å². The highest BCUT2D eigenvalue weighted by atomic mass is 35.5. The van der Waals surface area contributed by atoms with Crippen LogP contribution in [0.2, 0.25) is 5.02 Å². The minimum Gasteiger partial charge on any atom is -0.494 e. The van der Waals surface area contributed by atoms with Gasteiger partial charge in [-0.2, -0.15) is 4.31 Å². The molecule has 2 aliphatic rings. The molecule has 1 saturated heterocycles. The van der Waals surface area contributed by atoms with Gasteiger partial charge in [-0.3, -0.25) is 4.79 Å². The van der Waals surface area contributed by atoms with Crippen LogP contribution in [0.3, 0.4) is 0 Å². The Hall–Kier alpha value is -2.13. The molecule has 33 heavy (non-hydrogen) atoms. The molecular formula is C24H29ClN2O5S. The average Bonchev–Trinajstić information content (AvgIpc) is 2.83. The van der Waals surface area contributed by atoms with Crippen LogP contribution in [0.15, 0.2) is 41.3 Å². The van der Waals surface area contributed by atoms with Crippen molar-refractivity contribution in [2.24, 2.45) is 0 Å². The van der Waals surface area contributed by atoms with E-state index in [9.17, 15) is 13.2 Å². The number of rotatable bonds is 7. The molecule has 1 amide bonds. The lowest BCUT2D eigenvalue weighted by Gasteiger charge is -2.31. The average molecular weight is 493 g/mol. The summed E-state index contributed by atoms with van der Waals surface area (Å²) in [4.78, 5) is 15.0. The van der Waals surface area contributed by atoms with Gasteiger partial charge in [-0.1, -0.05) is 11.6 Å². The second-order valence-electron chi connectivity index (χ2n) is 8.32. The fourth-order valence-electron chi connectivity index (χ4n) is 4.18. The van der Waals surface area contributed by atoms with Crippen molar-refractivity contribution in [3.8, 4) is 5.75 Å². The Bertz CT molecular complexity index is 1120. The number of hydrogen-bond acceptors (Lipinski definition) is 5. The third-order valence-electron chi connectivity index (χ3n) is 6.01. The number of ether oxygens (including phenoxy) is 2. The van der Waals surface area contributed by atoms with Crippen LogP contribution in [0.1, 0.15) is 30.4 Å². The van der Waals surface area contributed by atoms with Gasteiger partial charge in [0.2, 0.25) is 15.9 Å². The van der Waals surface area contributed by atoms with Gasteiger partial charge in [0.15, 0.2) is 0 Å². The fraction of sp³-hybridized carbons (Fsp3) is 0.458. The number of halogens is 1. The van der Waals surface area contributed by atoms with E-state index in [0.29, 0.717) is 57.3 Å². The molecule has 0 atom stereocenters. The Morgan fingerprint density at radius 3 is 2.67 bits per heavy atom. The van der Waals surface area contributed by atoms with E-state index in [-0.39, 0.29) is 10.8 Å². The Balaban J connectivity index is 1.38. The second-order valence-corrected chi connectivity index (χ2v) is 10.7. The third kappa shape index (κ3) is 5.51. The molecule has 2 aliphatic heterocycles. The van der Waals surface area contributed by atoms with Gasteiger partial charge in [0.1, 0.15) is 5.75 Å². The number of anilines is 1. The number of sulfonamides is 1. The lowest BCUT2D eigenvalue weighted by molar-refractivity contribution is -0.118. The van der Waals surface area contributed by atoms with E-state index >= 15 is 0 Å². The summed E-state index contributed by atoms with van der Waals surface area (Å²) in [5, 5.41) is 0.696. The molecule has 2 heterocycles. The van der Waals surface area contributed by atoms with Crippen molar-refractivity contribution in [2.45, 2.75) is 37.5 Å². The maximum Gasteiger partial charge on any atom is 0.243 e. The summed E-state index contributed by atoms with van der Waals surface area (Å²) in [5.41, 5.74) is 2.66. The minimum absolute atomic E-state index is 0.0237. The van der Waals surface area contributed by atoms with Crippen LogP contribution in [0, 0.1) is 6.92 Å². The third-order valence-corrected chi connectivity index (χ3v) is 8.33. The van der Waals surface area contributed by atoms with Crippen molar-refractivity contribution in [1.82, 2.24) is 4.31 Å². The molecule has 9 heteroatoms. The highest BCUT2D eigenvalue weighted by Gasteiger charge is 2.29. The number of carbonyl (C=O) groups excluding carboxylic acids is 1. The summed E-state index contributed by atoms with van der Waals surface area (Å²) in [7, 11) is -3.56. The zero-order valence-electron chi connectivity index (χ0n) is 18.8. The minimum atomic E-state index is -3.56. The summed E-state index contributed by atoms with van der Waals surface area (Å²) in [6.45, 7) is 4.54. The first-order valence-corrected chi connectivity index (χ1v) is 13.1. The van der Waals surface area contributed by atoms with Gasteiger partial charge in [0, 0.05) is 36.8 Å². The quantitative estimate of drug-likeness (QED) is 0.549. The van der Waals surface area contributed by atoms with E-state index in [1.54, 1.807) is 29.2 Å². The number of nitrogens with zero attached hydrogens (tertiary/aromatic N) is 2. The van der Waals surface area contributed by atoms with Crippen LogP contribution in [0.25, 0.3) is 0 Å². The first kappa shape index (κ1) is 24.0. The highest BCUT2D eigenvalue weighted by Crippen LogP contribution is 2.31. The van der Waals surface area contributed by atoms with Crippen LogP contribution >= 0.6 is 11.6 Å². The van der Waals surface area contributed by atoms with Crippen LogP contribution < -0.4 is 9.64 Å². The summed E-state index contributed by atoms with van der Waals surface area (Å²) >= 11 is 6.04. The second kappa shape index (κ2) is 10.4. The first-order valence-electron chi connectivity index (χ1n) is 11.3. The largest absolute Gasteiger partial charge is 0.494 e. The molecule has 178 valence electrons. The van der Waals surface area contributed by atoms with Crippen LogP contribution in [-0.2, 0) is 26.0 Å². The van der Waals surface area contributed by atoms with E-state index in [0.717, 1.165) is 35.4 Å². The Kier molecular flexibility index (Phi) is 7.58. The topological polar surface area (TPSA) is 76.2 Å². The van der Waals surface area contributed by atoms with Crippen molar-refractivity contribution in [3.05, 3.63) is 52.5 Å². The fourth-order valence-corrected chi connectivity index (χ4v) is 5.76. The van der Waals surface area contributed by atoms with Crippen molar-refractivity contribution >= 4 is 33.2 Å². The van der Waals surface area contributed by atoms with Gasteiger partial charge >= 0.3 is 0 Å². The van der Waals surface area contributed by atoms with E-state index in [1.165, 1.54) is 4.31 Å². The van der Waals surface area contributed by atoms with Crippen molar-refractivity contribution in [1.29, 1.82) is 0 Å². The number of aryl methyl sites for hydroxylation is 2. The molecule has 1 fully saturated rings. The molecule has 0 aromatic heterocycles. The molecule has 0 spiro atoms. The molecule has 4 rings (SSSR count). The zero-order valence-corrected chi connectivity index (χ0v) is 20.3. The smallest absolute Gasteiger partial charge is 0.243 e. The molecule has 7 nitrogen and oxygen atoms in total. The molecular weight excluding hydrogens is 464 g/mol. The summed E-state index contributed by atoms with van der Waals surface area (Å²) in [5.74, 6) is 0.761. The van der Waals surface area contributed by atoms with Crippen LogP contribution in [-0.4, -0.2) is 58.1 Å².